The van der Waals surface area contributed by atoms with Crippen molar-refractivity contribution in [3.63, 3.8) is 0 Å². The Morgan fingerprint density at radius 2 is 1.87 bits per heavy atom. The highest BCUT2D eigenvalue weighted by atomic mass is 28.3. The molecule has 1 aromatic carbocycles. The summed E-state index contributed by atoms with van der Waals surface area (Å²) >= 11 is 0. The lowest BCUT2D eigenvalue weighted by molar-refractivity contribution is 0.112. The number of rotatable bonds is 4. The van der Waals surface area contributed by atoms with Crippen molar-refractivity contribution in [1.29, 1.82) is 0 Å². The van der Waals surface area contributed by atoms with E-state index in [1.807, 2.05) is 29.9 Å². The third-order valence-electron chi connectivity index (χ3n) is 2.14. The van der Waals surface area contributed by atoms with Crippen LogP contribution in [0.1, 0.15) is 15.9 Å². The van der Waals surface area contributed by atoms with Gasteiger partial charge >= 0.3 is 0 Å². The van der Waals surface area contributed by atoms with Crippen LogP contribution in [-0.4, -0.2) is 33.2 Å². The zero-order valence-electron chi connectivity index (χ0n) is 9.27. The smallest absolute Gasteiger partial charge is 0.186 e. The van der Waals surface area contributed by atoms with Gasteiger partial charge in [0, 0.05) is 18.2 Å². The zero-order valence-corrected chi connectivity index (χ0v) is 10.3. The molecular formula is C11H15N2OSi. The van der Waals surface area contributed by atoms with E-state index in [-0.39, 0.29) is 0 Å². The van der Waals surface area contributed by atoms with Crippen LogP contribution >= 0.6 is 0 Å². The van der Waals surface area contributed by atoms with Crippen LogP contribution in [0.2, 0.25) is 13.1 Å². The molecule has 79 valence electrons. The van der Waals surface area contributed by atoms with Crippen LogP contribution in [0, 0.1) is 0 Å². The third kappa shape index (κ3) is 3.32. The highest BCUT2D eigenvalue weighted by molar-refractivity contribution is 6.52. The molecular weight excluding hydrogens is 204 g/mol. The number of benzene rings is 1. The first-order valence-corrected chi connectivity index (χ1v) is 7.22. The van der Waals surface area contributed by atoms with Gasteiger partial charge in [-0.05, 0) is 0 Å². The highest BCUT2D eigenvalue weighted by Gasteiger charge is 2.01. The Kier molecular flexibility index (Phi) is 4.24. The van der Waals surface area contributed by atoms with E-state index in [1.54, 1.807) is 12.3 Å². The van der Waals surface area contributed by atoms with Gasteiger partial charge in [-0.25, -0.2) is 0 Å². The van der Waals surface area contributed by atoms with Crippen LogP contribution in [-0.2, 0) is 0 Å². The van der Waals surface area contributed by atoms with E-state index in [4.69, 9.17) is 0 Å². The van der Waals surface area contributed by atoms with Crippen LogP contribution in [0.3, 0.4) is 0 Å². The molecule has 0 amide bonds. The number of hydrazone groups is 1. The monoisotopic (exact) mass is 219 g/mol. The Morgan fingerprint density at radius 3 is 2.40 bits per heavy atom. The summed E-state index contributed by atoms with van der Waals surface area (Å²) in [6, 6.07) is 7.43. The van der Waals surface area contributed by atoms with E-state index in [0.29, 0.717) is 5.56 Å². The van der Waals surface area contributed by atoms with E-state index >= 15 is 0 Å². The Bertz CT molecular complexity index is 363. The maximum Gasteiger partial charge on any atom is 0.186 e. The van der Waals surface area contributed by atoms with Crippen LogP contribution in [0.4, 0.5) is 0 Å². The van der Waals surface area contributed by atoms with Crippen LogP contribution in [0.5, 0.6) is 0 Å². The molecule has 1 radical (unpaired) electrons. The van der Waals surface area contributed by atoms with Crippen molar-refractivity contribution in [2.75, 3.05) is 7.05 Å². The normalized spacial score (nSPS) is 10.9. The van der Waals surface area contributed by atoms with Gasteiger partial charge in [0.2, 0.25) is 0 Å². The fourth-order valence-corrected chi connectivity index (χ4v) is 1.29. The predicted octanol–water partition coefficient (Wildman–Crippen LogP) is 2.02. The Hall–Kier alpha value is -1.42. The van der Waals surface area contributed by atoms with Gasteiger partial charge in [-0.1, -0.05) is 37.4 Å². The van der Waals surface area contributed by atoms with Crippen molar-refractivity contribution < 1.29 is 4.79 Å². The minimum Gasteiger partial charge on any atom is -0.328 e. The highest BCUT2D eigenvalue weighted by Crippen LogP contribution is 2.03. The molecule has 0 saturated carbocycles. The summed E-state index contributed by atoms with van der Waals surface area (Å²) in [6.45, 7) is 4.32. The quantitative estimate of drug-likeness (QED) is 0.336. The predicted molar refractivity (Wildman–Crippen MR) is 64.7 cm³/mol. The SMILES string of the molecule is CN(N=Cc1ccccc1C=O)[Si](C)C. The van der Waals surface area contributed by atoms with Gasteiger partial charge in [-0.3, -0.25) is 4.79 Å². The van der Waals surface area contributed by atoms with Gasteiger partial charge < -0.3 is 4.67 Å². The average Bonchev–Trinajstić information content (AvgIpc) is 2.26. The molecule has 0 aromatic heterocycles. The van der Waals surface area contributed by atoms with Crippen molar-refractivity contribution >= 4 is 21.5 Å². The molecule has 1 rings (SSSR count). The number of carbonyl (C=O) groups is 1. The first-order chi connectivity index (χ1) is 7.15. The third-order valence-corrected chi connectivity index (χ3v) is 3.55. The standard InChI is InChI=1S/C11H15N2OSi/c1-13(15(2)3)12-8-10-6-4-5-7-11(10)9-14/h4-9H,1-3H3. The number of aldehydes is 1. The van der Waals surface area contributed by atoms with Gasteiger partial charge in [-0.15, -0.1) is 0 Å². The Balaban J connectivity index is 2.84. The molecule has 0 bridgehead atoms. The molecule has 1 aromatic rings. The minimum atomic E-state index is -0.554. The largest absolute Gasteiger partial charge is 0.328 e. The van der Waals surface area contributed by atoms with Crippen LogP contribution in [0.25, 0.3) is 0 Å². The van der Waals surface area contributed by atoms with Crippen LogP contribution < -0.4 is 0 Å². The maximum absolute atomic E-state index is 10.7. The molecule has 4 heteroatoms. The molecule has 0 aliphatic rings. The number of nitrogens with zero attached hydrogens (tertiary/aromatic N) is 2. The van der Waals surface area contributed by atoms with Crippen molar-refractivity contribution in [3.05, 3.63) is 35.4 Å². The van der Waals surface area contributed by atoms with Crippen molar-refractivity contribution in [3.8, 4) is 0 Å². The topological polar surface area (TPSA) is 32.7 Å². The summed E-state index contributed by atoms with van der Waals surface area (Å²) in [4.78, 5) is 10.7. The first-order valence-electron chi connectivity index (χ1n) is 4.77. The van der Waals surface area contributed by atoms with E-state index in [1.165, 1.54) is 0 Å². The summed E-state index contributed by atoms with van der Waals surface area (Å²) in [5, 5.41) is 4.30. The lowest BCUT2D eigenvalue weighted by Crippen LogP contribution is -2.24. The van der Waals surface area contributed by atoms with E-state index < -0.39 is 8.96 Å². The molecule has 0 heterocycles. The van der Waals surface area contributed by atoms with Gasteiger partial charge in [0.1, 0.15) is 0 Å². The van der Waals surface area contributed by atoms with Crippen molar-refractivity contribution in [1.82, 2.24) is 4.67 Å². The molecule has 15 heavy (non-hydrogen) atoms. The molecule has 0 aliphatic heterocycles. The molecule has 0 fully saturated rings. The van der Waals surface area contributed by atoms with Crippen molar-refractivity contribution in [2.24, 2.45) is 5.10 Å². The molecule has 3 nitrogen and oxygen atoms in total. The number of hydrogen-bond donors (Lipinski definition) is 0. The molecule has 0 saturated heterocycles. The van der Waals surface area contributed by atoms with E-state index in [9.17, 15) is 4.79 Å². The fourth-order valence-electron chi connectivity index (χ4n) is 1.00. The second-order valence-electron chi connectivity index (χ2n) is 3.46. The molecule has 0 aliphatic carbocycles. The average molecular weight is 219 g/mol. The summed E-state index contributed by atoms with van der Waals surface area (Å²) in [5.41, 5.74) is 1.54. The van der Waals surface area contributed by atoms with E-state index in [0.717, 1.165) is 11.8 Å². The second kappa shape index (κ2) is 5.46. The lowest BCUT2D eigenvalue weighted by atomic mass is 10.1. The summed E-state index contributed by atoms with van der Waals surface area (Å²) < 4.78 is 1.95. The van der Waals surface area contributed by atoms with Gasteiger partial charge in [0.15, 0.2) is 15.2 Å². The lowest BCUT2D eigenvalue weighted by Gasteiger charge is -2.15. The fraction of sp³-hybridized carbons (Fsp3) is 0.273. The van der Waals surface area contributed by atoms with Gasteiger partial charge in [-0.2, -0.15) is 5.10 Å². The van der Waals surface area contributed by atoms with Gasteiger partial charge in [0.25, 0.3) is 0 Å². The van der Waals surface area contributed by atoms with Crippen molar-refractivity contribution in [2.45, 2.75) is 13.1 Å². The maximum atomic E-state index is 10.7. The summed E-state index contributed by atoms with van der Waals surface area (Å²) in [5.74, 6) is 0. The van der Waals surface area contributed by atoms with Gasteiger partial charge in [0.05, 0.1) is 6.21 Å². The van der Waals surface area contributed by atoms with Crippen LogP contribution in [0.15, 0.2) is 29.4 Å². The first kappa shape index (κ1) is 11.7. The molecule has 0 unspecified atom stereocenters. The Morgan fingerprint density at radius 1 is 1.27 bits per heavy atom. The molecule has 0 atom stereocenters. The second-order valence-corrected chi connectivity index (χ2v) is 6.00. The zero-order chi connectivity index (χ0) is 11.3. The summed E-state index contributed by atoms with van der Waals surface area (Å²) in [7, 11) is 1.40. The Labute approximate surface area is 92.1 Å². The molecule has 0 spiro atoms. The summed E-state index contributed by atoms with van der Waals surface area (Å²) in [6.07, 6.45) is 2.59. The molecule has 0 N–H and O–H groups in total. The minimum absolute atomic E-state index is 0.554. The van der Waals surface area contributed by atoms with E-state index in [2.05, 4.69) is 18.2 Å². The number of hydrogen-bond acceptors (Lipinski definition) is 3. The number of carbonyl (C=O) groups excluding carboxylic acids is 1.